The third kappa shape index (κ3) is 2.90. The third-order valence-corrected chi connectivity index (χ3v) is 5.20. The zero-order valence-electron chi connectivity index (χ0n) is 11.9. The van der Waals surface area contributed by atoms with Gasteiger partial charge in [-0.2, -0.15) is 0 Å². The van der Waals surface area contributed by atoms with Crippen molar-refractivity contribution in [3.63, 3.8) is 0 Å². The summed E-state index contributed by atoms with van der Waals surface area (Å²) in [6, 6.07) is 2.13. The molecule has 1 aromatic rings. The molecule has 1 aromatic heterocycles. The number of carbonyl (C=O) groups excluding carboxylic acids is 1. The molecule has 1 N–H and O–H groups in total. The fourth-order valence-corrected chi connectivity index (χ4v) is 4.13. The van der Waals surface area contributed by atoms with E-state index in [-0.39, 0.29) is 17.9 Å². The first-order valence-corrected chi connectivity index (χ1v) is 8.27. The minimum Gasteiger partial charge on any atom is -0.374 e. The Balaban J connectivity index is 1.64. The molecular formula is C15H22N2O2S. The van der Waals surface area contributed by atoms with Crippen molar-refractivity contribution >= 4 is 17.2 Å². The molecule has 1 amide bonds. The molecule has 2 aliphatic rings. The summed E-state index contributed by atoms with van der Waals surface area (Å²) in [4.78, 5) is 15.9. The second-order valence-corrected chi connectivity index (χ2v) is 6.66. The van der Waals surface area contributed by atoms with E-state index in [0.29, 0.717) is 6.54 Å². The Labute approximate surface area is 124 Å². The maximum atomic E-state index is 12.7. The zero-order chi connectivity index (χ0) is 13.9. The minimum atomic E-state index is 0.0616. The Morgan fingerprint density at radius 1 is 1.60 bits per heavy atom. The van der Waals surface area contributed by atoms with Crippen molar-refractivity contribution in [3.05, 3.63) is 21.9 Å². The summed E-state index contributed by atoms with van der Waals surface area (Å²) >= 11 is 1.79. The molecule has 1 aliphatic heterocycles. The highest BCUT2D eigenvalue weighted by Crippen LogP contribution is 2.35. The summed E-state index contributed by atoms with van der Waals surface area (Å²) < 4.78 is 5.69. The van der Waals surface area contributed by atoms with E-state index in [1.165, 1.54) is 10.4 Å². The lowest BCUT2D eigenvalue weighted by Crippen LogP contribution is -2.46. The number of amides is 1. The van der Waals surface area contributed by atoms with Crippen molar-refractivity contribution in [2.45, 2.75) is 31.3 Å². The van der Waals surface area contributed by atoms with Crippen LogP contribution < -0.4 is 5.32 Å². The molecule has 0 aromatic carbocycles. The van der Waals surface area contributed by atoms with E-state index in [1.54, 1.807) is 11.3 Å². The van der Waals surface area contributed by atoms with Gasteiger partial charge < -0.3 is 15.0 Å². The van der Waals surface area contributed by atoms with Crippen LogP contribution in [0.15, 0.2) is 11.4 Å². The number of likely N-dealkylation sites (N-methyl/N-ethyl adjacent to an activating group) is 1. The number of hydrogen-bond acceptors (Lipinski definition) is 4. The van der Waals surface area contributed by atoms with Crippen molar-refractivity contribution in [1.82, 2.24) is 10.2 Å². The SMILES string of the molecule is CN(CC1CNCCO1)C(=O)C1CCCc2sccc21. The number of nitrogens with zero attached hydrogens (tertiary/aromatic N) is 1. The fourth-order valence-electron chi connectivity index (χ4n) is 3.14. The number of ether oxygens (including phenoxy) is 1. The van der Waals surface area contributed by atoms with E-state index in [0.717, 1.165) is 39.0 Å². The Kier molecular flexibility index (Phi) is 4.38. The van der Waals surface area contributed by atoms with Gasteiger partial charge in [0.05, 0.1) is 18.6 Å². The van der Waals surface area contributed by atoms with Crippen LogP contribution in [0, 0.1) is 0 Å². The summed E-state index contributed by atoms with van der Waals surface area (Å²) in [5, 5.41) is 5.42. The van der Waals surface area contributed by atoms with Gasteiger partial charge in [-0.15, -0.1) is 11.3 Å². The van der Waals surface area contributed by atoms with Gasteiger partial charge in [-0.25, -0.2) is 0 Å². The molecule has 5 heteroatoms. The smallest absolute Gasteiger partial charge is 0.229 e. The lowest BCUT2D eigenvalue weighted by Gasteiger charge is -2.31. The Hall–Kier alpha value is -0.910. The van der Waals surface area contributed by atoms with Crippen LogP contribution in [0.3, 0.4) is 0 Å². The van der Waals surface area contributed by atoms with Gasteiger partial charge in [0.1, 0.15) is 0 Å². The number of hydrogen-bond donors (Lipinski definition) is 1. The van der Waals surface area contributed by atoms with Crippen molar-refractivity contribution in [2.75, 3.05) is 33.3 Å². The first-order chi connectivity index (χ1) is 9.75. The van der Waals surface area contributed by atoms with E-state index < -0.39 is 0 Å². The van der Waals surface area contributed by atoms with E-state index in [2.05, 4.69) is 16.8 Å². The number of thiophene rings is 1. The summed E-state index contributed by atoms with van der Waals surface area (Å²) in [6.45, 7) is 3.17. The first-order valence-electron chi connectivity index (χ1n) is 7.39. The predicted molar refractivity (Wildman–Crippen MR) is 80.2 cm³/mol. The number of carbonyl (C=O) groups is 1. The summed E-state index contributed by atoms with van der Waals surface area (Å²) in [5.41, 5.74) is 1.26. The third-order valence-electron chi connectivity index (χ3n) is 4.21. The van der Waals surface area contributed by atoms with Crippen LogP contribution >= 0.6 is 11.3 Å². The summed E-state index contributed by atoms with van der Waals surface area (Å²) in [5.74, 6) is 0.310. The van der Waals surface area contributed by atoms with Crippen LogP contribution in [0.5, 0.6) is 0 Å². The maximum absolute atomic E-state index is 12.7. The van der Waals surface area contributed by atoms with Gasteiger partial charge >= 0.3 is 0 Å². The van der Waals surface area contributed by atoms with Crippen molar-refractivity contribution in [3.8, 4) is 0 Å². The normalized spacial score (nSPS) is 26.1. The van der Waals surface area contributed by atoms with Gasteiger partial charge in [0.25, 0.3) is 0 Å². The molecule has 1 fully saturated rings. The molecule has 110 valence electrons. The second-order valence-electron chi connectivity index (χ2n) is 5.66. The molecular weight excluding hydrogens is 272 g/mol. The molecule has 2 atom stereocenters. The molecule has 1 saturated heterocycles. The molecule has 0 bridgehead atoms. The minimum absolute atomic E-state index is 0.0616. The molecule has 0 spiro atoms. The van der Waals surface area contributed by atoms with Crippen LogP contribution in [0.1, 0.15) is 29.2 Å². The van der Waals surface area contributed by atoms with Crippen molar-refractivity contribution in [1.29, 1.82) is 0 Å². The molecule has 2 unspecified atom stereocenters. The maximum Gasteiger partial charge on any atom is 0.229 e. The number of aryl methyl sites for hydroxylation is 1. The highest BCUT2D eigenvalue weighted by molar-refractivity contribution is 7.10. The standard InChI is InChI=1S/C15H22N2O2S/c1-17(10-11-9-16-6-7-19-11)15(18)13-3-2-4-14-12(13)5-8-20-14/h5,8,11,13,16H,2-4,6-7,9-10H2,1H3. The quantitative estimate of drug-likeness (QED) is 0.921. The van der Waals surface area contributed by atoms with Gasteiger partial charge in [0.15, 0.2) is 0 Å². The topological polar surface area (TPSA) is 41.6 Å². The van der Waals surface area contributed by atoms with Gasteiger partial charge in [0.2, 0.25) is 5.91 Å². The zero-order valence-corrected chi connectivity index (χ0v) is 12.7. The lowest BCUT2D eigenvalue weighted by atomic mass is 9.87. The Morgan fingerprint density at radius 2 is 2.50 bits per heavy atom. The number of rotatable bonds is 3. The van der Waals surface area contributed by atoms with E-state index in [1.807, 2.05) is 11.9 Å². The molecule has 0 radical (unpaired) electrons. The molecule has 2 heterocycles. The first kappa shape index (κ1) is 14.0. The van der Waals surface area contributed by atoms with E-state index in [4.69, 9.17) is 4.74 Å². The average Bonchev–Trinajstić information content (AvgIpc) is 2.96. The van der Waals surface area contributed by atoms with Crippen LogP contribution in [0.4, 0.5) is 0 Å². The Bertz CT molecular complexity index is 468. The molecule has 1 aliphatic carbocycles. The number of nitrogens with one attached hydrogen (secondary N) is 1. The highest BCUT2D eigenvalue weighted by atomic mass is 32.1. The van der Waals surface area contributed by atoms with E-state index in [9.17, 15) is 4.79 Å². The van der Waals surface area contributed by atoms with Crippen molar-refractivity contribution in [2.24, 2.45) is 0 Å². The average molecular weight is 294 g/mol. The van der Waals surface area contributed by atoms with Crippen LogP contribution in [-0.4, -0.2) is 50.2 Å². The second kappa shape index (κ2) is 6.24. The largest absolute Gasteiger partial charge is 0.374 e. The fraction of sp³-hybridized carbons (Fsp3) is 0.667. The summed E-state index contributed by atoms with van der Waals surface area (Å²) in [6.07, 6.45) is 3.37. The van der Waals surface area contributed by atoms with Crippen LogP contribution in [-0.2, 0) is 16.0 Å². The van der Waals surface area contributed by atoms with Gasteiger partial charge in [0, 0.05) is 31.6 Å². The lowest BCUT2D eigenvalue weighted by molar-refractivity contribution is -0.134. The molecule has 0 saturated carbocycles. The number of fused-ring (bicyclic) bond motifs is 1. The van der Waals surface area contributed by atoms with Gasteiger partial charge in [-0.1, -0.05) is 0 Å². The predicted octanol–water partition coefficient (Wildman–Crippen LogP) is 1.61. The highest BCUT2D eigenvalue weighted by Gasteiger charge is 2.30. The molecule has 3 rings (SSSR count). The van der Waals surface area contributed by atoms with Crippen molar-refractivity contribution < 1.29 is 9.53 Å². The Morgan fingerprint density at radius 3 is 3.30 bits per heavy atom. The molecule has 20 heavy (non-hydrogen) atoms. The van der Waals surface area contributed by atoms with Gasteiger partial charge in [-0.05, 0) is 36.3 Å². The molecule has 4 nitrogen and oxygen atoms in total. The van der Waals surface area contributed by atoms with Gasteiger partial charge in [-0.3, -0.25) is 4.79 Å². The monoisotopic (exact) mass is 294 g/mol. The van der Waals surface area contributed by atoms with E-state index >= 15 is 0 Å². The summed E-state index contributed by atoms with van der Waals surface area (Å²) in [7, 11) is 1.90. The number of morpholine rings is 1. The van der Waals surface area contributed by atoms with Crippen LogP contribution in [0.2, 0.25) is 0 Å². The van der Waals surface area contributed by atoms with Crippen LogP contribution in [0.25, 0.3) is 0 Å².